The van der Waals surface area contributed by atoms with Crippen LogP contribution < -0.4 is 16.4 Å². The molecule has 0 atom stereocenters. The number of carbonyl (C=O) groups is 2. The number of nitriles is 1. The van der Waals surface area contributed by atoms with Crippen LogP contribution in [-0.4, -0.2) is 34.7 Å². The number of para-hydroxylation sites is 1. The number of nitrogens with one attached hydrogen (secondary N) is 2. The van der Waals surface area contributed by atoms with Crippen molar-refractivity contribution in [2.24, 2.45) is 0 Å². The van der Waals surface area contributed by atoms with Crippen LogP contribution in [0.5, 0.6) is 0 Å². The first kappa shape index (κ1) is 21.5. The summed E-state index contributed by atoms with van der Waals surface area (Å²) in [7, 11) is 0. The van der Waals surface area contributed by atoms with Gasteiger partial charge in [0, 0.05) is 6.54 Å². The van der Waals surface area contributed by atoms with Crippen LogP contribution in [0, 0.1) is 17.1 Å². The zero-order chi connectivity index (χ0) is 22.2. The quantitative estimate of drug-likeness (QED) is 0.480. The number of anilines is 1. The topological polar surface area (TPSA) is 126 Å². The largest absolute Gasteiger partial charge is 0.382 e. The number of nitrogen functional groups attached to an aromatic ring is 1. The predicted octanol–water partition coefficient (Wildman–Crippen LogP) is 1.94. The minimum atomic E-state index is -0.658. The highest BCUT2D eigenvalue weighted by Crippen LogP contribution is 2.21. The number of aryl methyl sites for hydroxylation is 1. The molecule has 0 saturated carbocycles. The number of amides is 2. The maximum absolute atomic E-state index is 13.6. The molecule has 4 N–H and O–H groups in total. The Kier molecular flexibility index (Phi) is 6.96. The summed E-state index contributed by atoms with van der Waals surface area (Å²) in [6, 6.07) is 16.9. The van der Waals surface area contributed by atoms with Crippen LogP contribution in [0.2, 0.25) is 0 Å². The van der Waals surface area contributed by atoms with Gasteiger partial charge in [0.05, 0.1) is 23.5 Å². The molecule has 0 unspecified atom stereocenters. The predicted molar refractivity (Wildman–Crippen MR) is 113 cm³/mol. The molecule has 0 radical (unpaired) electrons. The third kappa shape index (κ3) is 5.25. The van der Waals surface area contributed by atoms with Crippen molar-refractivity contribution in [3.63, 3.8) is 0 Å². The molecule has 0 spiro atoms. The lowest BCUT2D eigenvalue weighted by Gasteiger charge is -2.07. The Hall–Kier alpha value is -4.19. The normalized spacial score (nSPS) is 10.3. The second kappa shape index (κ2) is 10.0. The molecule has 0 aliphatic heterocycles. The Labute approximate surface area is 178 Å². The van der Waals surface area contributed by atoms with E-state index in [1.54, 1.807) is 6.07 Å². The Morgan fingerprint density at radius 1 is 1.10 bits per heavy atom. The zero-order valence-electron chi connectivity index (χ0n) is 16.6. The zero-order valence-corrected chi connectivity index (χ0v) is 16.6. The molecule has 3 aromatic rings. The smallest absolute Gasteiger partial charge is 0.254 e. The van der Waals surface area contributed by atoms with Gasteiger partial charge in [0.1, 0.15) is 23.3 Å². The van der Waals surface area contributed by atoms with Crippen LogP contribution in [0.15, 0.2) is 54.6 Å². The first-order valence-corrected chi connectivity index (χ1v) is 9.63. The molecule has 2 aromatic carbocycles. The van der Waals surface area contributed by atoms with Crippen molar-refractivity contribution in [3.05, 3.63) is 77.2 Å². The van der Waals surface area contributed by atoms with Gasteiger partial charge in [-0.3, -0.25) is 9.59 Å². The van der Waals surface area contributed by atoms with Gasteiger partial charge in [-0.25, -0.2) is 9.07 Å². The number of aromatic nitrogens is 2. The summed E-state index contributed by atoms with van der Waals surface area (Å²) in [6.07, 6.45) is 0.960. The fourth-order valence-corrected chi connectivity index (χ4v) is 2.99. The molecule has 9 heteroatoms. The van der Waals surface area contributed by atoms with Crippen molar-refractivity contribution in [1.82, 2.24) is 20.4 Å². The lowest BCUT2D eigenvalue weighted by atomic mass is 10.1. The molecule has 0 bridgehead atoms. The van der Waals surface area contributed by atoms with Crippen LogP contribution in [0.3, 0.4) is 0 Å². The van der Waals surface area contributed by atoms with Crippen molar-refractivity contribution in [2.45, 2.75) is 12.8 Å². The monoisotopic (exact) mass is 420 g/mol. The van der Waals surface area contributed by atoms with Gasteiger partial charge in [-0.1, -0.05) is 30.3 Å². The first-order chi connectivity index (χ1) is 15.0. The van der Waals surface area contributed by atoms with Crippen LogP contribution in [0.25, 0.3) is 5.69 Å². The van der Waals surface area contributed by atoms with E-state index in [0.29, 0.717) is 30.6 Å². The molecule has 2 amide bonds. The van der Waals surface area contributed by atoms with E-state index in [1.807, 2.05) is 30.3 Å². The Morgan fingerprint density at radius 3 is 2.52 bits per heavy atom. The first-order valence-electron chi connectivity index (χ1n) is 9.63. The number of carbonyl (C=O) groups excluding carboxylic acids is 2. The van der Waals surface area contributed by atoms with Crippen LogP contribution in [0.4, 0.5) is 10.2 Å². The lowest BCUT2D eigenvalue weighted by molar-refractivity contribution is -0.120. The average molecular weight is 420 g/mol. The number of nitrogens with two attached hydrogens (primary N) is 1. The van der Waals surface area contributed by atoms with Crippen LogP contribution in [-0.2, 0) is 11.2 Å². The van der Waals surface area contributed by atoms with Crippen LogP contribution in [0.1, 0.15) is 28.0 Å². The maximum Gasteiger partial charge on any atom is 0.254 e. The van der Waals surface area contributed by atoms with Gasteiger partial charge in [-0.2, -0.15) is 10.4 Å². The molecule has 0 aliphatic rings. The van der Waals surface area contributed by atoms with E-state index in [-0.39, 0.29) is 17.9 Å². The number of halogens is 1. The molecule has 0 aliphatic carbocycles. The highest BCUT2D eigenvalue weighted by atomic mass is 19.1. The van der Waals surface area contributed by atoms with E-state index >= 15 is 0 Å². The van der Waals surface area contributed by atoms with Crippen molar-refractivity contribution >= 4 is 17.6 Å². The third-order valence-corrected chi connectivity index (χ3v) is 4.55. The van der Waals surface area contributed by atoms with Gasteiger partial charge in [0.25, 0.3) is 5.91 Å². The number of rotatable bonds is 8. The van der Waals surface area contributed by atoms with Gasteiger partial charge < -0.3 is 16.4 Å². The SMILES string of the molecule is N#Cc1c(CCCNC(=O)CNC(=O)c2ccccc2F)nn(-c2ccccc2)c1N. The molecule has 158 valence electrons. The number of benzene rings is 2. The number of hydrogen-bond donors (Lipinski definition) is 3. The Balaban J connectivity index is 1.48. The fraction of sp³-hybridized carbons (Fsp3) is 0.182. The summed E-state index contributed by atoms with van der Waals surface area (Å²) in [5.74, 6) is -1.44. The summed E-state index contributed by atoms with van der Waals surface area (Å²) in [6.45, 7) is 0.0452. The highest BCUT2D eigenvalue weighted by molar-refractivity contribution is 5.96. The fourth-order valence-electron chi connectivity index (χ4n) is 2.99. The molecule has 8 nitrogen and oxygen atoms in total. The molecule has 1 heterocycles. The summed E-state index contributed by atoms with van der Waals surface area (Å²) in [5, 5.41) is 18.9. The van der Waals surface area contributed by atoms with Gasteiger partial charge in [0.2, 0.25) is 5.91 Å². The number of hydrogen-bond acceptors (Lipinski definition) is 5. The summed E-state index contributed by atoms with van der Waals surface area (Å²) < 4.78 is 15.1. The van der Waals surface area contributed by atoms with Crippen molar-refractivity contribution in [1.29, 1.82) is 5.26 Å². The van der Waals surface area contributed by atoms with Crippen molar-refractivity contribution in [3.8, 4) is 11.8 Å². The van der Waals surface area contributed by atoms with E-state index in [4.69, 9.17) is 5.73 Å². The van der Waals surface area contributed by atoms with E-state index in [2.05, 4.69) is 21.8 Å². The Bertz CT molecular complexity index is 1120. The van der Waals surface area contributed by atoms with Crippen molar-refractivity contribution in [2.75, 3.05) is 18.8 Å². The Morgan fingerprint density at radius 2 is 1.81 bits per heavy atom. The van der Waals surface area contributed by atoms with Gasteiger partial charge in [-0.15, -0.1) is 0 Å². The van der Waals surface area contributed by atoms with Gasteiger partial charge >= 0.3 is 0 Å². The molecule has 1 aromatic heterocycles. The second-order valence-electron chi connectivity index (χ2n) is 6.68. The number of nitrogens with zero attached hydrogens (tertiary/aromatic N) is 3. The second-order valence-corrected chi connectivity index (χ2v) is 6.68. The van der Waals surface area contributed by atoms with Gasteiger partial charge in [0.15, 0.2) is 0 Å². The maximum atomic E-state index is 13.6. The van der Waals surface area contributed by atoms with E-state index < -0.39 is 17.6 Å². The van der Waals surface area contributed by atoms with Gasteiger partial charge in [-0.05, 0) is 37.1 Å². The van der Waals surface area contributed by atoms with E-state index in [0.717, 1.165) is 5.69 Å². The molecular formula is C22H21FN6O2. The highest BCUT2D eigenvalue weighted by Gasteiger charge is 2.16. The minimum absolute atomic E-state index is 0.120. The standard InChI is InChI=1S/C22H21FN6O2/c23-18-10-5-4-9-16(18)22(31)27-14-20(30)26-12-6-11-19-17(13-24)21(25)29(28-19)15-7-2-1-3-8-15/h1-5,7-10H,6,11-12,14,25H2,(H,26,30)(H,27,31). The summed E-state index contributed by atoms with van der Waals surface area (Å²) in [5.41, 5.74) is 7.56. The summed E-state index contributed by atoms with van der Waals surface area (Å²) >= 11 is 0. The van der Waals surface area contributed by atoms with E-state index in [1.165, 1.54) is 22.9 Å². The minimum Gasteiger partial charge on any atom is -0.382 e. The lowest BCUT2D eigenvalue weighted by Crippen LogP contribution is -2.37. The molecule has 31 heavy (non-hydrogen) atoms. The molecular weight excluding hydrogens is 399 g/mol. The summed E-state index contributed by atoms with van der Waals surface area (Å²) in [4.78, 5) is 23.9. The van der Waals surface area contributed by atoms with Crippen LogP contribution >= 0.6 is 0 Å². The van der Waals surface area contributed by atoms with E-state index in [9.17, 15) is 19.2 Å². The molecule has 3 rings (SSSR count). The third-order valence-electron chi connectivity index (χ3n) is 4.55. The average Bonchev–Trinajstić information content (AvgIpc) is 3.11. The molecule has 0 saturated heterocycles. The molecule has 0 fully saturated rings. The van der Waals surface area contributed by atoms with Crippen molar-refractivity contribution < 1.29 is 14.0 Å².